The first-order valence-electron chi connectivity index (χ1n) is 4.95. The van der Waals surface area contributed by atoms with Crippen LogP contribution in [0.3, 0.4) is 0 Å². The molecule has 4 nitrogen and oxygen atoms in total. The van der Waals surface area contributed by atoms with Crippen LogP contribution in [-0.4, -0.2) is 19.6 Å². The average molecular weight is 206 g/mol. The molecule has 1 amide bonds. The molecule has 0 atom stereocenters. The Bertz CT molecular complexity index is 415. The summed E-state index contributed by atoms with van der Waals surface area (Å²) in [6.45, 7) is 2.15. The molecule has 1 aromatic rings. The molecule has 0 aromatic heterocycles. The second-order valence-corrected chi connectivity index (χ2v) is 3.62. The summed E-state index contributed by atoms with van der Waals surface area (Å²) in [5, 5.41) is 0. The monoisotopic (exact) mass is 206 g/mol. The van der Waals surface area contributed by atoms with Gasteiger partial charge in [-0.1, -0.05) is 6.92 Å². The molecule has 0 saturated carbocycles. The van der Waals surface area contributed by atoms with Crippen LogP contribution in [0.15, 0.2) is 12.1 Å². The molecule has 0 aliphatic carbocycles. The van der Waals surface area contributed by atoms with Crippen molar-refractivity contribution >= 4 is 17.3 Å². The van der Waals surface area contributed by atoms with Crippen LogP contribution in [0.1, 0.15) is 12.5 Å². The molecule has 0 saturated heterocycles. The quantitative estimate of drug-likeness (QED) is 0.702. The molecule has 15 heavy (non-hydrogen) atoms. The predicted molar refractivity (Wildman–Crippen MR) is 59.1 cm³/mol. The number of hydrogen-bond donors (Lipinski definition) is 1. The van der Waals surface area contributed by atoms with Gasteiger partial charge in [0.1, 0.15) is 5.75 Å². The van der Waals surface area contributed by atoms with Crippen molar-refractivity contribution in [2.75, 3.05) is 24.3 Å². The van der Waals surface area contributed by atoms with E-state index in [4.69, 9.17) is 10.5 Å². The van der Waals surface area contributed by atoms with Gasteiger partial charge < -0.3 is 15.4 Å². The maximum atomic E-state index is 11.4. The van der Waals surface area contributed by atoms with Gasteiger partial charge in [0.15, 0.2) is 6.61 Å². The lowest BCUT2D eigenvalue weighted by molar-refractivity contribution is -0.121. The fourth-order valence-electron chi connectivity index (χ4n) is 1.74. The van der Waals surface area contributed by atoms with E-state index in [0.29, 0.717) is 5.69 Å². The van der Waals surface area contributed by atoms with Crippen LogP contribution in [0.5, 0.6) is 5.75 Å². The lowest BCUT2D eigenvalue weighted by Crippen LogP contribution is -2.35. The third-order valence-electron chi connectivity index (χ3n) is 2.62. The number of nitrogens with two attached hydrogens (primary N) is 1. The minimum absolute atomic E-state index is 0.0462. The van der Waals surface area contributed by atoms with E-state index in [9.17, 15) is 4.79 Å². The maximum absolute atomic E-state index is 11.4. The molecule has 0 radical (unpaired) electrons. The van der Waals surface area contributed by atoms with Crippen LogP contribution < -0.4 is 15.4 Å². The number of amides is 1. The molecule has 4 heteroatoms. The molecule has 0 spiro atoms. The number of nitrogen functional groups attached to an aromatic ring is 1. The third-order valence-corrected chi connectivity index (χ3v) is 2.62. The number of anilines is 2. The number of aryl methyl sites for hydroxylation is 1. The number of carbonyl (C=O) groups is 1. The van der Waals surface area contributed by atoms with Gasteiger partial charge in [-0.3, -0.25) is 4.79 Å². The van der Waals surface area contributed by atoms with Gasteiger partial charge in [-0.15, -0.1) is 0 Å². The van der Waals surface area contributed by atoms with E-state index in [-0.39, 0.29) is 12.5 Å². The molecule has 0 bridgehead atoms. The third kappa shape index (κ3) is 1.52. The Kier molecular flexibility index (Phi) is 2.26. The summed E-state index contributed by atoms with van der Waals surface area (Å²) >= 11 is 0. The second-order valence-electron chi connectivity index (χ2n) is 3.62. The Morgan fingerprint density at radius 3 is 2.93 bits per heavy atom. The first-order chi connectivity index (χ1) is 7.13. The molecular weight excluding hydrogens is 192 g/mol. The van der Waals surface area contributed by atoms with Gasteiger partial charge in [0, 0.05) is 12.7 Å². The van der Waals surface area contributed by atoms with Crippen LogP contribution in [0.4, 0.5) is 11.4 Å². The summed E-state index contributed by atoms with van der Waals surface area (Å²) in [7, 11) is 1.74. The smallest absolute Gasteiger partial charge is 0.264 e. The van der Waals surface area contributed by atoms with Crippen LogP contribution >= 0.6 is 0 Å². The Labute approximate surface area is 88.6 Å². The number of likely N-dealkylation sites (N-methyl/N-ethyl adjacent to an activating group) is 1. The van der Waals surface area contributed by atoms with Crippen molar-refractivity contribution in [1.29, 1.82) is 0 Å². The number of fused-ring (bicyclic) bond motifs is 1. The zero-order valence-corrected chi connectivity index (χ0v) is 8.91. The average Bonchev–Trinajstić information content (AvgIpc) is 2.23. The number of hydrogen-bond acceptors (Lipinski definition) is 3. The summed E-state index contributed by atoms with van der Waals surface area (Å²) in [6.07, 6.45) is 0.843. The van der Waals surface area contributed by atoms with Crippen molar-refractivity contribution in [3.63, 3.8) is 0 Å². The highest BCUT2D eigenvalue weighted by molar-refractivity contribution is 5.98. The molecule has 0 unspecified atom stereocenters. The van der Waals surface area contributed by atoms with Crippen LogP contribution in [0.2, 0.25) is 0 Å². The van der Waals surface area contributed by atoms with Gasteiger partial charge >= 0.3 is 0 Å². The number of ether oxygens (including phenoxy) is 1. The Hall–Kier alpha value is -1.71. The standard InChI is InChI=1S/C11H14N2O2/c1-3-7-4-8(12)5-9-11(7)15-6-10(14)13(9)2/h4-5H,3,6,12H2,1-2H3. The molecule has 1 aliphatic rings. The highest BCUT2D eigenvalue weighted by Gasteiger charge is 2.24. The van der Waals surface area contributed by atoms with Crippen molar-refractivity contribution in [2.45, 2.75) is 13.3 Å². The van der Waals surface area contributed by atoms with E-state index in [1.807, 2.05) is 13.0 Å². The lowest BCUT2D eigenvalue weighted by atomic mass is 10.1. The zero-order valence-electron chi connectivity index (χ0n) is 8.91. The van der Waals surface area contributed by atoms with Crippen molar-refractivity contribution < 1.29 is 9.53 Å². The van der Waals surface area contributed by atoms with E-state index in [1.165, 1.54) is 0 Å². The highest BCUT2D eigenvalue weighted by Crippen LogP contribution is 2.36. The highest BCUT2D eigenvalue weighted by atomic mass is 16.5. The van der Waals surface area contributed by atoms with E-state index in [2.05, 4.69) is 0 Å². The number of nitrogens with zero attached hydrogens (tertiary/aromatic N) is 1. The second kappa shape index (κ2) is 3.46. The Morgan fingerprint density at radius 1 is 1.53 bits per heavy atom. The summed E-state index contributed by atoms with van der Waals surface area (Å²) in [5.41, 5.74) is 8.25. The maximum Gasteiger partial charge on any atom is 0.264 e. The van der Waals surface area contributed by atoms with Gasteiger partial charge in [0.2, 0.25) is 0 Å². The van der Waals surface area contributed by atoms with E-state index in [1.54, 1.807) is 18.0 Å². The largest absolute Gasteiger partial charge is 0.481 e. The van der Waals surface area contributed by atoms with Crippen molar-refractivity contribution in [3.8, 4) is 5.75 Å². The number of benzene rings is 1. The van der Waals surface area contributed by atoms with Gasteiger partial charge in [-0.25, -0.2) is 0 Å². The minimum atomic E-state index is -0.0462. The summed E-state index contributed by atoms with van der Waals surface area (Å²) in [5.74, 6) is 0.740. The van der Waals surface area contributed by atoms with Crippen molar-refractivity contribution in [3.05, 3.63) is 17.7 Å². The van der Waals surface area contributed by atoms with Crippen LogP contribution in [-0.2, 0) is 11.2 Å². The summed E-state index contributed by atoms with van der Waals surface area (Å²) < 4.78 is 5.44. The summed E-state index contributed by atoms with van der Waals surface area (Å²) in [6, 6.07) is 3.66. The van der Waals surface area contributed by atoms with E-state index in [0.717, 1.165) is 23.4 Å². The molecule has 2 N–H and O–H groups in total. The van der Waals surface area contributed by atoms with Crippen molar-refractivity contribution in [1.82, 2.24) is 0 Å². The fourth-order valence-corrected chi connectivity index (χ4v) is 1.74. The fraction of sp³-hybridized carbons (Fsp3) is 0.364. The first kappa shape index (κ1) is 9.83. The first-order valence-corrected chi connectivity index (χ1v) is 4.95. The normalized spacial score (nSPS) is 14.8. The predicted octanol–water partition coefficient (Wildman–Crippen LogP) is 1.19. The summed E-state index contributed by atoms with van der Waals surface area (Å²) in [4.78, 5) is 13.0. The number of rotatable bonds is 1. The molecule has 1 aromatic carbocycles. The minimum Gasteiger partial charge on any atom is -0.481 e. The SMILES string of the molecule is CCc1cc(N)cc2c1OCC(=O)N2C. The topological polar surface area (TPSA) is 55.6 Å². The van der Waals surface area contributed by atoms with Crippen LogP contribution in [0, 0.1) is 0 Å². The van der Waals surface area contributed by atoms with Gasteiger partial charge in [0.25, 0.3) is 5.91 Å². The molecule has 2 rings (SSSR count). The molecule has 0 fully saturated rings. The van der Waals surface area contributed by atoms with Gasteiger partial charge in [-0.2, -0.15) is 0 Å². The van der Waals surface area contributed by atoms with Crippen molar-refractivity contribution in [2.24, 2.45) is 0 Å². The number of carbonyl (C=O) groups excluding carboxylic acids is 1. The lowest BCUT2D eigenvalue weighted by Gasteiger charge is -2.27. The van der Waals surface area contributed by atoms with Gasteiger partial charge in [0.05, 0.1) is 5.69 Å². The zero-order chi connectivity index (χ0) is 11.0. The molecular formula is C11H14N2O2. The molecule has 1 aliphatic heterocycles. The van der Waals surface area contributed by atoms with E-state index < -0.39 is 0 Å². The van der Waals surface area contributed by atoms with Gasteiger partial charge in [-0.05, 0) is 24.1 Å². The molecule has 80 valence electrons. The van der Waals surface area contributed by atoms with Crippen LogP contribution in [0.25, 0.3) is 0 Å². The Balaban J connectivity index is 2.58. The molecule has 1 heterocycles. The van der Waals surface area contributed by atoms with E-state index >= 15 is 0 Å². The Morgan fingerprint density at radius 2 is 2.27 bits per heavy atom.